The van der Waals surface area contributed by atoms with Crippen LogP contribution in [0.1, 0.15) is 44.3 Å². The van der Waals surface area contributed by atoms with Crippen LogP contribution in [-0.2, 0) is 28.7 Å². The van der Waals surface area contributed by atoms with Gasteiger partial charge in [-0.3, -0.25) is 19.2 Å². The highest BCUT2D eigenvalue weighted by atomic mass is 35.5. The number of nitrogens with zero attached hydrogens (tertiary/aromatic N) is 2. The maximum Gasteiger partial charge on any atom is 0.313 e. The number of aliphatic hydroxyl groups excluding tert-OH is 1. The van der Waals surface area contributed by atoms with Gasteiger partial charge in [-0.15, -0.1) is 13.2 Å². The first-order valence-electron chi connectivity index (χ1n) is 15.6. The summed E-state index contributed by atoms with van der Waals surface area (Å²) in [5.74, 6) is -3.64. The average Bonchev–Trinajstić information content (AvgIpc) is 3.69. The molecule has 10 nitrogen and oxygen atoms in total. The highest BCUT2D eigenvalue weighted by Gasteiger charge is 2.75. The minimum Gasteiger partial charge on any atom is -0.455 e. The third-order valence-electron chi connectivity index (χ3n) is 9.15. The monoisotopic (exact) mass is 649 g/mol. The number of carbonyl (C=O) groups is 4. The average molecular weight is 650 g/mol. The van der Waals surface area contributed by atoms with Crippen molar-refractivity contribution >= 4 is 41.0 Å². The van der Waals surface area contributed by atoms with E-state index in [1.165, 1.54) is 9.80 Å². The predicted molar refractivity (Wildman–Crippen MR) is 173 cm³/mol. The number of amides is 3. The zero-order valence-electron chi connectivity index (χ0n) is 25.8. The number of hydrogen-bond donors (Lipinski definition) is 2. The lowest BCUT2D eigenvalue weighted by Gasteiger charge is -2.36. The van der Waals surface area contributed by atoms with Gasteiger partial charge in [0.15, 0.2) is 0 Å². The molecule has 1 spiro atoms. The van der Waals surface area contributed by atoms with Crippen LogP contribution in [0.5, 0.6) is 0 Å². The zero-order chi connectivity index (χ0) is 33.0. The fourth-order valence-corrected chi connectivity index (χ4v) is 7.34. The molecule has 3 aliphatic rings. The summed E-state index contributed by atoms with van der Waals surface area (Å²) < 4.78 is 12.7. The second-order valence-corrected chi connectivity index (χ2v) is 12.4. The van der Waals surface area contributed by atoms with E-state index in [1.54, 1.807) is 43.3 Å². The Morgan fingerprint density at radius 1 is 1.17 bits per heavy atom. The van der Waals surface area contributed by atoms with Crippen LogP contribution >= 0.6 is 11.6 Å². The molecule has 2 bridgehead atoms. The lowest BCUT2D eigenvalue weighted by Crippen LogP contribution is -2.56. The van der Waals surface area contributed by atoms with Crippen LogP contribution in [0.4, 0.5) is 5.69 Å². The number of fused-ring (bicyclic) bond motifs is 1. The molecule has 3 heterocycles. The molecule has 3 aliphatic heterocycles. The number of anilines is 1. The van der Waals surface area contributed by atoms with Crippen LogP contribution in [0.25, 0.3) is 0 Å². The highest BCUT2D eigenvalue weighted by Crippen LogP contribution is 2.59. The summed E-state index contributed by atoms with van der Waals surface area (Å²) in [6.07, 6.45) is 3.36. The first kappa shape index (κ1) is 33.4. The van der Waals surface area contributed by atoms with Crippen molar-refractivity contribution in [3.8, 4) is 0 Å². The number of allylic oxidation sites excluding steroid dienone is 1. The number of rotatable bonds is 14. The molecule has 5 rings (SSSR count). The van der Waals surface area contributed by atoms with Gasteiger partial charge in [-0.2, -0.15) is 0 Å². The Labute approximate surface area is 274 Å². The van der Waals surface area contributed by atoms with Crippen molar-refractivity contribution in [3.63, 3.8) is 0 Å². The van der Waals surface area contributed by atoms with Crippen molar-refractivity contribution in [3.05, 3.63) is 90.5 Å². The van der Waals surface area contributed by atoms with E-state index in [2.05, 4.69) is 18.5 Å². The minimum atomic E-state index is -1.28. The van der Waals surface area contributed by atoms with Crippen LogP contribution in [0.15, 0.2) is 79.9 Å². The molecule has 0 aliphatic carbocycles. The molecular weight excluding hydrogens is 610 g/mol. The molecule has 2 aromatic carbocycles. The maximum atomic E-state index is 14.4. The minimum absolute atomic E-state index is 0.105. The van der Waals surface area contributed by atoms with Gasteiger partial charge in [0.25, 0.3) is 5.91 Å². The summed E-state index contributed by atoms with van der Waals surface area (Å²) in [4.78, 5) is 58.1. The number of β-amino-alcohol motifs (C(OH)–C–C–N with tert-alkyl or cyclic N) is 1. The van der Waals surface area contributed by atoms with Crippen LogP contribution in [0.3, 0.4) is 0 Å². The molecule has 3 saturated heterocycles. The molecule has 0 saturated carbocycles. The van der Waals surface area contributed by atoms with Crippen LogP contribution in [0.2, 0.25) is 5.02 Å². The molecule has 0 radical (unpaired) electrons. The summed E-state index contributed by atoms with van der Waals surface area (Å²) in [5.41, 5.74) is -0.0400. The lowest BCUT2D eigenvalue weighted by atomic mass is 9.70. The fraction of sp³-hybridized carbons (Fsp3) is 0.429. The normalized spacial score (nSPS) is 25.8. The maximum absolute atomic E-state index is 14.4. The van der Waals surface area contributed by atoms with Crippen molar-refractivity contribution in [2.75, 3.05) is 24.6 Å². The quantitative estimate of drug-likeness (QED) is 0.234. The van der Waals surface area contributed by atoms with E-state index >= 15 is 0 Å². The van der Waals surface area contributed by atoms with Gasteiger partial charge in [-0.05, 0) is 56.0 Å². The summed E-state index contributed by atoms with van der Waals surface area (Å²) >= 11 is 6.10. The summed E-state index contributed by atoms with van der Waals surface area (Å²) in [6, 6.07) is 14.2. The van der Waals surface area contributed by atoms with Crippen LogP contribution in [-0.4, -0.2) is 77.2 Å². The van der Waals surface area contributed by atoms with E-state index in [1.807, 2.05) is 30.3 Å². The van der Waals surface area contributed by atoms with Gasteiger partial charge in [-0.25, -0.2) is 0 Å². The van der Waals surface area contributed by atoms with Crippen molar-refractivity contribution in [2.45, 2.75) is 62.5 Å². The fourth-order valence-electron chi connectivity index (χ4n) is 7.21. The van der Waals surface area contributed by atoms with E-state index < -0.39 is 59.5 Å². The van der Waals surface area contributed by atoms with Gasteiger partial charge in [0, 0.05) is 30.2 Å². The van der Waals surface area contributed by atoms with Crippen molar-refractivity contribution in [1.29, 1.82) is 0 Å². The molecule has 3 amide bonds. The van der Waals surface area contributed by atoms with E-state index in [4.69, 9.17) is 21.1 Å². The Hall–Kier alpha value is -3.99. The van der Waals surface area contributed by atoms with E-state index in [0.29, 0.717) is 35.5 Å². The Morgan fingerprint density at radius 2 is 1.89 bits per heavy atom. The number of aliphatic hydroxyl groups is 1. The first-order chi connectivity index (χ1) is 22.2. The molecule has 2 aromatic rings. The van der Waals surface area contributed by atoms with Crippen LogP contribution < -0.4 is 10.2 Å². The molecular formula is C35H40ClN3O7. The third-order valence-corrected chi connectivity index (χ3v) is 9.40. The molecule has 244 valence electrons. The first-order valence-corrected chi connectivity index (χ1v) is 16.0. The second-order valence-electron chi connectivity index (χ2n) is 12.0. The standard InChI is InChI=1S/C35H40ClN3O7/c1-4-6-12-27(41)37-22(3)30(23-10-8-7-9-11-23)45-34(44)28-26-17-18-35(46-26)29(28)32(42)39(20-21-40)31(35)33(43)38(19-5-2)25-15-13-24(36)14-16-25/h4-5,7-11,13-16,22,26,28-31,40H,1-2,6,12,17-21H2,3H3,(H,37,41)/t22-,26-,28+,29+,30-,31-,35+/m1/s1. The number of esters is 1. The van der Waals surface area contributed by atoms with E-state index in [9.17, 15) is 24.3 Å². The molecule has 3 fully saturated rings. The van der Waals surface area contributed by atoms with Gasteiger partial charge < -0.3 is 29.7 Å². The number of likely N-dealkylation sites (tertiary alicyclic amines) is 1. The number of ether oxygens (including phenoxy) is 2. The van der Waals surface area contributed by atoms with Gasteiger partial charge in [-0.1, -0.05) is 54.1 Å². The Balaban J connectivity index is 1.45. The lowest BCUT2D eigenvalue weighted by molar-refractivity contribution is -0.162. The summed E-state index contributed by atoms with van der Waals surface area (Å²) in [5, 5.41) is 13.4. The number of halogens is 1. The van der Waals surface area contributed by atoms with Crippen molar-refractivity contribution in [2.24, 2.45) is 11.8 Å². The topological polar surface area (TPSA) is 125 Å². The molecule has 11 heteroatoms. The van der Waals surface area contributed by atoms with Gasteiger partial charge in [0.2, 0.25) is 11.8 Å². The summed E-state index contributed by atoms with van der Waals surface area (Å²) in [6.45, 7) is 8.90. The number of carbonyl (C=O) groups excluding carboxylic acids is 4. The second kappa shape index (κ2) is 14.2. The predicted octanol–water partition coefficient (Wildman–Crippen LogP) is 3.98. The number of hydrogen-bond acceptors (Lipinski definition) is 7. The molecule has 46 heavy (non-hydrogen) atoms. The smallest absolute Gasteiger partial charge is 0.313 e. The Bertz CT molecular complexity index is 1470. The number of benzene rings is 2. The number of nitrogens with one attached hydrogen (secondary N) is 1. The molecule has 0 unspecified atom stereocenters. The van der Waals surface area contributed by atoms with Crippen molar-refractivity contribution < 1.29 is 33.8 Å². The zero-order valence-corrected chi connectivity index (χ0v) is 26.6. The van der Waals surface area contributed by atoms with Gasteiger partial charge >= 0.3 is 5.97 Å². The largest absolute Gasteiger partial charge is 0.455 e. The van der Waals surface area contributed by atoms with Gasteiger partial charge in [0.1, 0.15) is 17.7 Å². The summed E-state index contributed by atoms with van der Waals surface area (Å²) in [7, 11) is 0. The Morgan fingerprint density at radius 3 is 2.54 bits per heavy atom. The third kappa shape index (κ3) is 6.21. The SMILES string of the molecule is C=CCCC(=O)N[C@H](C)[C@@H](OC(=O)[C@@H]1[C@H]2C(=O)N(CCO)[C@H](C(=O)N(CC=C)c3ccc(Cl)cc3)[C@]23CC[C@H]1O3)c1ccccc1. The Kier molecular flexibility index (Phi) is 10.3. The van der Waals surface area contributed by atoms with E-state index in [-0.39, 0.29) is 32.0 Å². The highest BCUT2D eigenvalue weighted by molar-refractivity contribution is 6.30. The van der Waals surface area contributed by atoms with E-state index in [0.717, 1.165) is 0 Å². The van der Waals surface area contributed by atoms with Crippen LogP contribution in [0, 0.1) is 11.8 Å². The molecule has 7 atom stereocenters. The van der Waals surface area contributed by atoms with Crippen molar-refractivity contribution in [1.82, 2.24) is 10.2 Å². The molecule has 2 N–H and O–H groups in total. The molecule has 0 aromatic heterocycles. The van der Waals surface area contributed by atoms with Gasteiger partial charge in [0.05, 0.1) is 30.6 Å².